The van der Waals surface area contributed by atoms with Crippen molar-refractivity contribution in [2.24, 2.45) is 10.9 Å². The Labute approximate surface area is 182 Å². The molecule has 0 aromatic heterocycles. The SMILES string of the molecule is CC(C)N(CCCNC(=NCC(=O)N(C)C)NCC1CCOC1)C(C)C.I. The van der Waals surface area contributed by atoms with Crippen LogP contribution in [-0.2, 0) is 9.53 Å². The molecule has 1 aliphatic heterocycles. The van der Waals surface area contributed by atoms with E-state index in [0.29, 0.717) is 24.0 Å². The predicted molar refractivity (Wildman–Crippen MR) is 123 cm³/mol. The van der Waals surface area contributed by atoms with Crippen molar-refractivity contribution < 1.29 is 9.53 Å². The lowest BCUT2D eigenvalue weighted by molar-refractivity contribution is -0.127. The van der Waals surface area contributed by atoms with Crippen LogP contribution in [0.1, 0.15) is 40.5 Å². The van der Waals surface area contributed by atoms with E-state index in [0.717, 1.165) is 45.7 Å². The Balaban J connectivity index is 0.00000676. The van der Waals surface area contributed by atoms with Gasteiger partial charge in [-0.2, -0.15) is 0 Å². The van der Waals surface area contributed by atoms with Crippen molar-refractivity contribution in [1.29, 1.82) is 0 Å². The van der Waals surface area contributed by atoms with Crippen molar-refractivity contribution in [3.63, 3.8) is 0 Å². The van der Waals surface area contributed by atoms with E-state index in [1.165, 1.54) is 0 Å². The molecule has 0 aliphatic carbocycles. The third-order valence-corrected chi connectivity index (χ3v) is 4.67. The number of nitrogens with one attached hydrogen (secondary N) is 2. The molecule has 0 aromatic carbocycles. The summed E-state index contributed by atoms with van der Waals surface area (Å²) in [6.07, 6.45) is 2.11. The molecule has 0 radical (unpaired) electrons. The van der Waals surface area contributed by atoms with Crippen LogP contribution >= 0.6 is 24.0 Å². The molecule has 1 fully saturated rings. The number of carbonyl (C=O) groups excluding carboxylic acids is 1. The van der Waals surface area contributed by atoms with E-state index in [1.54, 1.807) is 19.0 Å². The molecule has 1 amide bonds. The average molecular weight is 497 g/mol. The molecule has 1 rings (SSSR count). The van der Waals surface area contributed by atoms with Gasteiger partial charge in [0, 0.05) is 58.3 Å². The summed E-state index contributed by atoms with van der Waals surface area (Å²) in [5.41, 5.74) is 0. The molecular weight excluding hydrogens is 457 g/mol. The van der Waals surface area contributed by atoms with Crippen LogP contribution in [-0.4, -0.2) is 87.2 Å². The van der Waals surface area contributed by atoms with Crippen molar-refractivity contribution in [2.45, 2.75) is 52.6 Å². The fraction of sp³-hybridized carbons (Fsp3) is 0.895. The zero-order valence-corrected chi connectivity index (χ0v) is 20.3. The van der Waals surface area contributed by atoms with E-state index in [1.807, 2.05) is 0 Å². The molecule has 8 heteroatoms. The van der Waals surface area contributed by atoms with Gasteiger partial charge >= 0.3 is 0 Å². The first kappa shape index (κ1) is 26.4. The Bertz CT molecular complexity index is 430. The Kier molecular flexibility index (Phi) is 14.1. The van der Waals surface area contributed by atoms with Gasteiger partial charge < -0.3 is 20.3 Å². The van der Waals surface area contributed by atoms with Crippen molar-refractivity contribution in [3.8, 4) is 0 Å². The molecule has 2 N–H and O–H groups in total. The number of guanidine groups is 1. The Hall–Kier alpha value is -0.610. The number of rotatable bonds is 10. The number of aliphatic imine (C=N–C) groups is 1. The van der Waals surface area contributed by atoms with Crippen LogP contribution in [0.4, 0.5) is 0 Å². The second-order valence-corrected chi connectivity index (χ2v) is 7.77. The van der Waals surface area contributed by atoms with E-state index in [9.17, 15) is 4.79 Å². The zero-order chi connectivity index (χ0) is 19.5. The van der Waals surface area contributed by atoms with Gasteiger partial charge in [0.15, 0.2) is 5.96 Å². The summed E-state index contributed by atoms with van der Waals surface area (Å²) < 4.78 is 5.42. The minimum atomic E-state index is 0. The van der Waals surface area contributed by atoms with Gasteiger partial charge in [0.2, 0.25) is 5.91 Å². The largest absolute Gasteiger partial charge is 0.381 e. The molecule has 1 saturated heterocycles. The highest BCUT2D eigenvalue weighted by Crippen LogP contribution is 2.10. The highest BCUT2D eigenvalue weighted by atomic mass is 127. The van der Waals surface area contributed by atoms with Gasteiger partial charge in [0.1, 0.15) is 6.54 Å². The molecule has 7 nitrogen and oxygen atoms in total. The summed E-state index contributed by atoms with van der Waals surface area (Å²) >= 11 is 0. The Morgan fingerprint density at radius 3 is 2.37 bits per heavy atom. The molecule has 1 heterocycles. The lowest BCUT2D eigenvalue weighted by atomic mass is 10.1. The first-order chi connectivity index (χ1) is 12.3. The number of amides is 1. The number of ether oxygens (including phenoxy) is 1. The number of likely N-dealkylation sites (N-methyl/N-ethyl adjacent to an activating group) is 1. The summed E-state index contributed by atoms with van der Waals surface area (Å²) in [7, 11) is 3.50. The number of nitrogens with zero attached hydrogens (tertiary/aromatic N) is 3. The van der Waals surface area contributed by atoms with Crippen LogP contribution in [0.2, 0.25) is 0 Å². The van der Waals surface area contributed by atoms with Crippen LogP contribution in [0.5, 0.6) is 0 Å². The minimum Gasteiger partial charge on any atom is -0.381 e. The lowest BCUT2D eigenvalue weighted by Gasteiger charge is -2.30. The molecule has 1 unspecified atom stereocenters. The van der Waals surface area contributed by atoms with Crippen LogP contribution in [0.3, 0.4) is 0 Å². The topological polar surface area (TPSA) is 69.2 Å². The normalized spacial score (nSPS) is 17.4. The zero-order valence-electron chi connectivity index (χ0n) is 18.0. The smallest absolute Gasteiger partial charge is 0.243 e. The molecular formula is C19H40IN5O2. The van der Waals surface area contributed by atoms with E-state index in [4.69, 9.17) is 4.74 Å². The molecule has 0 bridgehead atoms. The van der Waals surface area contributed by atoms with E-state index >= 15 is 0 Å². The van der Waals surface area contributed by atoms with Gasteiger partial charge in [-0.25, -0.2) is 4.99 Å². The molecule has 160 valence electrons. The van der Waals surface area contributed by atoms with E-state index in [-0.39, 0.29) is 36.4 Å². The second kappa shape index (κ2) is 14.4. The van der Waals surface area contributed by atoms with Crippen LogP contribution in [0.25, 0.3) is 0 Å². The number of carbonyl (C=O) groups is 1. The molecule has 0 aromatic rings. The lowest BCUT2D eigenvalue weighted by Crippen LogP contribution is -2.43. The third kappa shape index (κ3) is 11.1. The summed E-state index contributed by atoms with van der Waals surface area (Å²) in [6, 6.07) is 1.09. The summed E-state index contributed by atoms with van der Waals surface area (Å²) in [4.78, 5) is 20.3. The minimum absolute atomic E-state index is 0. The Morgan fingerprint density at radius 1 is 1.19 bits per heavy atom. The second-order valence-electron chi connectivity index (χ2n) is 7.77. The predicted octanol–water partition coefficient (Wildman–Crippen LogP) is 1.77. The van der Waals surface area contributed by atoms with Crippen LogP contribution < -0.4 is 10.6 Å². The average Bonchev–Trinajstić information content (AvgIpc) is 3.08. The summed E-state index contributed by atoms with van der Waals surface area (Å²) in [5.74, 6) is 1.23. The van der Waals surface area contributed by atoms with Gasteiger partial charge in [0.05, 0.1) is 6.61 Å². The van der Waals surface area contributed by atoms with Gasteiger partial charge in [-0.1, -0.05) is 0 Å². The quantitative estimate of drug-likeness (QED) is 0.209. The van der Waals surface area contributed by atoms with Crippen molar-refractivity contribution in [3.05, 3.63) is 0 Å². The standard InChI is InChI=1S/C19H39N5O2.HI/c1-15(2)24(16(3)4)10-7-9-20-19(22-13-18(25)23(5)6)21-12-17-8-11-26-14-17;/h15-17H,7-14H2,1-6H3,(H2,20,21,22);1H. The highest BCUT2D eigenvalue weighted by Gasteiger charge is 2.16. The molecule has 27 heavy (non-hydrogen) atoms. The fourth-order valence-electron chi connectivity index (χ4n) is 3.03. The molecule has 0 spiro atoms. The van der Waals surface area contributed by atoms with Crippen LogP contribution in [0, 0.1) is 5.92 Å². The first-order valence-corrected chi connectivity index (χ1v) is 9.87. The monoisotopic (exact) mass is 497 g/mol. The number of hydrogen-bond acceptors (Lipinski definition) is 4. The van der Waals surface area contributed by atoms with E-state index < -0.39 is 0 Å². The summed E-state index contributed by atoms with van der Waals surface area (Å²) in [6.45, 7) is 13.4. The van der Waals surface area contributed by atoms with Gasteiger partial charge in [-0.3, -0.25) is 9.69 Å². The van der Waals surface area contributed by atoms with Crippen molar-refractivity contribution in [2.75, 3.05) is 53.5 Å². The van der Waals surface area contributed by atoms with Crippen molar-refractivity contribution in [1.82, 2.24) is 20.4 Å². The first-order valence-electron chi connectivity index (χ1n) is 9.87. The van der Waals surface area contributed by atoms with Crippen molar-refractivity contribution >= 4 is 35.8 Å². The van der Waals surface area contributed by atoms with Gasteiger partial charge in [-0.15, -0.1) is 24.0 Å². The molecule has 1 aliphatic rings. The number of hydrogen-bond donors (Lipinski definition) is 2. The number of halogens is 1. The molecule has 0 saturated carbocycles. The van der Waals surface area contributed by atoms with Gasteiger partial charge in [-0.05, 0) is 40.5 Å². The maximum Gasteiger partial charge on any atom is 0.243 e. The molecule has 1 atom stereocenters. The van der Waals surface area contributed by atoms with E-state index in [2.05, 4.69) is 48.2 Å². The highest BCUT2D eigenvalue weighted by molar-refractivity contribution is 14.0. The third-order valence-electron chi connectivity index (χ3n) is 4.67. The maximum atomic E-state index is 11.8. The maximum absolute atomic E-state index is 11.8. The van der Waals surface area contributed by atoms with Gasteiger partial charge in [0.25, 0.3) is 0 Å². The Morgan fingerprint density at radius 2 is 1.85 bits per heavy atom. The fourth-order valence-corrected chi connectivity index (χ4v) is 3.03. The summed E-state index contributed by atoms with van der Waals surface area (Å²) in [5, 5.41) is 6.74. The van der Waals surface area contributed by atoms with Crippen LogP contribution in [0.15, 0.2) is 4.99 Å².